The van der Waals surface area contributed by atoms with Crippen molar-refractivity contribution in [2.75, 3.05) is 18.4 Å². The molecule has 0 atom stereocenters. The van der Waals surface area contributed by atoms with Gasteiger partial charge in [0.25, 0.3) is 5.91 Å². The van der Waals surface area contributed by atoms with Crippen molar-refractivity contribution in [3.05, 3.63) is 39.9 Å². The van der Waals surface area contributed by atoms with Crippen LogP contribution < -0.4 is 5.32 Å². The number of phenols is 1. The zero-order valence-electron chi connectivity index (χ0n) is 12.7. The van der Waals surface area contributed by atoms with Crippen LogP contribution in [0.2, 0.25) is 0 Å². The van der Waals surface area contributed by atoms with Gasteiger partial charge in [-0.1, -0.05) is 13.0 Å². The number of aromatic hydroxyl groups is 1. The molecule has 2 heterocycles. The zero-order valence-corrected chi connectivity index (χ0v) is 13.5. The van der Waals surface area contributed by atoms with Crippen molar-refractivity contribution in [1.29, 1.82) is 0 Å². The highest BCUT2D eigenvalue weighted by Crippen LogP contribution is 2.29. The second-order valence-corrected chi connectivity index (χ2v) is 6.57. The molecule has 1 aromatic heterocycles. The lowest BCUT2D eigenvalue weighted by Gasteiger charge is -2.23. The Bertz CT molecular complexity index is 711. The van der Waals surface area contributed by atoms with Crippen molar-refractivity contribution in [1.82, 2.24) is 9.88 Å². The number of carbonyl (C=O) groups is 1. The van der Waals surface area contributed by atoms with Crippen LogP contribution in [0.25, 0.3) is 0 Å². The van der Waals surface area contributed by atoms with Crippen LogP contribution in [-0.2, 0) is 13.0 Å². The van der Waals surface area contributed by atoms with Gasteiger partial charge < -0.3 is 5.11 Å². The van der Waals surface area contributed by atoms with E-state index in [1.165, 1.54) is 16.2 Å². The summed E-state index contributed by atoms with van der Waals surface area (Å²) >= 11 is 1.52. The third kappa shape index (κ3) is 2.98. The van der Waals surface area contributed by atoms with Crippen molar-refractivity contribution < 1.29 is 9.90 Å². The van der Waals surface area contributed by atoms with Crippen LogP contribution >= 0.6 is 11.3 Å². The van der Waals surface area contributed by atoms with Gasteiger partial charge in [0.2, 0.25) is 0 Å². The van der Waals surface area contributed by atoms with Gasteiger partial charge in [-0.25, -0.2) is 4.98 Å². The number of likely N-dealkylation sites (N-methyl/N-ethyl adjacent to an activating group) is 1. The molecule has 1 aliphatic heterocycles. The minimum Gasteiger partial charge on any atom is -0.507 e. The smallest absolute Gasteiger partial charge is 0.261 e. The van der Waals surface area contributed by atoms with Crippen LogP contribution in [0.15, 0.2) is 18.2 Å². The van der Waals surface area contributed by atoms with E-state index in [4.69, 9.17) is 0 Å². The summed E-state index contributed by atoms with van der Waals surface area (Å²) in [6.45, 7) is 6.95. The molecule has 0 saturated heterocycles. The van der Waals surface area contributed by atoms with Gasteiger partial charge >= 0.3 is 0 Å². The minimum atomic E-state index is -0.323. The maximum absolute atomic E-state index is 12.3. The Morgan fingerprint density at radius 3 is 3.05 bits per heavy atom. The number of carbonyl (C=O) groups excluding carboxylic acids is 1. The van der Waals surface area contributed by atoms with Crippen LogP contribution in [0, 0.1) is 6.92 Å². The first-order valence-corrected chi connectivity index (χ1v) is 8.20. The molecule has 3 rings (SSSR count). The molecular weight excluding hydrogens is 298 g/mol. The Morgan fingerprint density at radius 2 is 2.32 bits per heavy atom. The van der Waals surface area contributed by atoms with Gasteiger partial charge in [0.05, 0.1) is 11.3 Å². The number of nitrogens with zero attached hydrogens (tertiary/aromatic N) is 2. The topological polar surface area (TPSA) is 65.5 Å². The third-order valence-electron chi connectivity index (χ3n) is 3.88. The first-order chi connectivity index (χ1) is 10.6. The summed E-state index contributed by atoms with van der Waals surface area (Å²) in [4.78, 5) is 20.4. The number of hydrogen-bond acceptors (Lipinski definition) is 5. The second-order valence-electron chi connectivity index (χ2n) is 5.48. The molecular formula is C16H19N3O2S. The summed E-state index contributed by atoms with van der Waals surface area (Å²) in [5.74, 6) is -0.327. The number of amides is 1. The number of aromatic nitrogens is 1. The fourth-order valence-electron chi connectivity index (χ4n) is 2.57. The summed E-state index contributed by atoms with van der Waals surface area (Å²) in [7, 11) is 0. The van der Waals surface area contributed by atoms with E-state index in [2.05, 4.69) is 22.1 Å². The fraction of sp³-hybridized carbons (Fsp3) is 0.375. The molecule has 2 aromatic rings. The van der Waals surface area contributed by atoms with Crippen molar-refractivity contribution in [3.63, 3.8) is 0 Å². The number of aryl methyl sites for hydroxylation is 1. The molecule has 1 aliphatic rings. The monoisotopic (exact) mass is 317 g/mol. The number of rotatable bonds is 3. The van der Waals surface area contributed by atoms with Gasteiger partial charge in [0.1, 0.15) is 5.75 Å². The molecule has 1 amide bonds. The summed E-state index contributed by atoms with van der Waals surface area (Å²) < 4.78 is 0. The van der Waals surface area contributed by atoms with Crippen LogP contribution in [-0.4, -0.2) is 34.0 Å². The predicted octanol–water partition coefficient (Wildman–Crippen LogP) is 2.79. The van der Waals surface area contributed by atoms with Gasteiger partial charge in [-0.15, -0.1) is 11.3 Å². The van der Waals surface area contributed by atoms with Gasteiger partial charge in [0.15, 0.2) is 5.13 Å². The quantitative estimate of drug-likeness (QED) is 0.913. The normalized spacial score (nSPS) is 14.6. The SMILES string of the molecule is CCN1CCc2nc(NC(=O)c3ccc(C)cc3O)sc2C1. The average molecular weight is 317 g/mol. The largest absolute Gasteiger partial charge is 0.507 e. The van der Waals surface area contributed by atoms with E-state index in [0.717, 1.165) is 37.3 Å². The average Bonchev–Trinajstić information content (AvgIpc) is 2.87. The molecule has 0 bridgehead atoms. The Hall–Kier alpha value is -1.92. The standard InChI is InChI=1S/C16H19N3O2S/c1-3-19-7-6-12-14(9-19)22-16(17-12)18-15(21)11-5-4-10(2)8-13(11)20/h4-5,8,20H,3,6-7,9H2,1-2H3,(H,17,18,21). The lowest BCUT2D eigenvalue weighted by molar-refractivity contribution is 0.102. The van der Waals surface area contributed by atoms with Crippen LogP contribution in [0.4, 0.5) is 5.13 Å². The first-order valence-electron chi connectivity index (χ1n) is 7.38. The molecule has 5 nitrogen and oxygen atoms in total. The highest BCUT2D eigenvalue weighted by Gasteiger charge is 2.21. The van der Waals surface area contributed by atoms with E-state index in [1.807, 2.05) is 6.92 Å². The summed E-state index contributed by atoms with van der Waals surface area (Å²) in [6.07, 6.45) is 0.922. The molecule has 0 aliphatic carbocycles. The lowest BCUT2D eigenvalue weighted by atomic mass is 10.1. The second kappa shape index (κ2) is 6.06. The Balaban J connectivity index is 1.76. The van der Waals surface area contributed by atoms with E-state index in [9.17, 15) is 9.90 Å². The highest BCUT2D eigenvalue weighted by molar-refractivity contribution is 7.15. The van der Waals surface area contributed by atoms with E-state index >= 15 is 0 Å². The molecule has 2 N–H and O–H groups in total. The molecule has 0 fully saturated rings. The zero-order chi connectivity index (χ0) is 15.7. The molecule has 0 spiro atoms. The molecule has 0 radical (unpaired) electrons. The lowest BCUT2D eigenvalue weighted by Crippen LogP contribution is -2.29. The molecule has 22 heavy (non-hydrogen) atoms. The van der Waals surface area contributed by atoms with Gasteiger partial charge in [0, 0.05) is 24.4 Å². The highest BCUT2D eigenvalue weighted by atomic mass is 32.1. The number of thiazole rings is 1. The third-order valence-corrected chi connectivity index (χ3v) is 4.87. The summed E-state index contributed by atoms with van der Waals surface area (Å²) in [5.41, 5.74) is 2.27. The Morgan fingerprint density at radius 1 is 1.50 bits per heavy atom. The van der Waals surface area contributed by atoms with E-state index in [-0.39, 0.29) is 17.2 Å². The predicted molar refractivity (Wildman–Crippen MR) is 87.6 cm³/mol. The van der Waals surface area contributed by atoms with Crippen LogP contribution in [0.3, 0.4) is 0 Å². The van der Waals surface area contributed by atoms with Gasteiger partial charge in [-0.3, -0.25) is 15.0 Å². The Labute approximate surface area is 133 Å². The van der Waals surface area contributed by atoms with Crippen molar-refractivity contribution in [3.8, 4) is 5.75 Å². The van der Waals surface area contributed by atoms with Gasteiger partial charge in [-0.05, 0) is 31.2 Å². The number of phenolic OH excluding ortho intramolecular Hbond substituents is 1. The molecule has 1 aromatic carbocycles. The molecule has 116 valence electrons. The number of nitrogens with one attached hydrogen (secondary N) is 1. The van der Waals surface area contributed by atoms with E-state index in [0.29, 0.717) is 5.13 Å². The van der Waals surface area contributed by atoms with E-state index in [1.54, 1.807) is 18.2 Å². The fourth-order valence-corrected chi connectivity index (χ4v) is 3.62. The molecule has 6 heteroatoms. The number of benzene rings is 1. The molecule has 0 saturated carbocycles. The van der Waals surface area contributed by atoms with Crippen LogP contribution in [0.1, 0.15) is 33.4 Å². The Kier molecular flexibility index (Phi) is 4.13. The van der Waals surface area contributed by atoms with Crippen LogP contribution in [0.5, 0.6) is 5.75 Å². The molecule has 0 unspecified atom stereocenters. The van der Waals surface area contributed by atoms with Crippen molar-refractivity contribution in [2.45, 2.75) is 26.8 Å². The van der Waals surface area contributed by atoms with Gasteiger partial charge in [-0.2, -0.15) is 0 Å². The summed E-state index contributed by atoms with van der Waals surface area (Å²) in [6, 6.07) is 5.02. The van der Waals surface area contributed by atoms with E-state index < -0.39 is 0 Å². The maximum Gasteiger partial charge on any atom is 0.261 e. The number of anilines is 1. The number of fused-ring (bicyclic) bond motifs is 1. The number of hydrogen-bond donors (Lipinski definition) is 2. The van der Waals surface area contributed by atoms with Crippen molar-refractivity contribution in [2.24, 2.45) is 0 Å². The minimum absolute atomic E-state index is 0.00372. The first kappa shape index (κ1) is 15.0. The summed E-state index contributed by atoms with van der Waals surface area (Å²) in [5, 5.41) is 13.3. The maximum atomic E-state index is 12.3. The van der Waals surface area contributed by atoms with Crippen molar-refractivity contribution >= 4 is 22.4 Å².